The quantitative estimate of drug-likeness (QED) is 0.503. The number of morpholine rings is 1. The highest BCUT2D eigenvalue weighted by atomic mass is 35.5. The Kier molecular flexibility index (Phi) is 4.69. The molecule has 5 heterocycles. The predicted molar refractivity (Wildman–Crippen MR) is 121 cm³/mol. The molecule has 4 aromatic rings. The number of fused-ring (bicyclic) bond motifs is 2. The van der Waals surface area contributed by atoms with Crippen LogP contribution in [0.2, 0.25) is 5.02 Å². The van der Waals surface area contributed by atoms with Crippen molar-refractivity contribution in [2.75, 3.05) is 42.8 Å². The molecule has 0 bridgehead atoms. The summed E-state index contributed by atoms with van der Waals surface area (Å²) in [6.07, 6.45) is 4.95. The standard InChI is InChI=1S/C21H21ClN8O2/c22-13-3-1-4-14-16(13)21(31)30(28-7-9-32-10-8-28)19(27-14)15-5-2-6-29(15)20-17-18(24-11-23-17)25-12-26-20/h1,3-4,11-12,15H,2,5-10H2,(H,23,24,25,26)/t15-/m0/s1. The van der Waals surface area contributed by atoms with Crippen LogP contribution in [0.1, 0.15) is 24.7 Å². The van der Waals surface area contributed by atoms with Gasteiger partial charge in [0, 0.05) is 6.54 Å². The molecular formula is C21H21ClN8O2. The first-order valence-corrected chi connectivity index (χ1v) is 11.0. The summed E-state index contributed by atoms with van der Waals surface area (Å²) in [5.41, 5.74) is 1.84. The fourth-order valence-corrected chi connectivity index (χ4v) is 4.95. The van der Waals surface area contributed by atoms with E-state index in [1.54, 1.807) is 17.1 Å². The normalized spacial score (nSPS) is 19.3. The van der Waals surface area contributed by atoms with Crippen molar-refractivity contribution in [2.24, 2.45) is 0 Å². The van der Waals surface area contributed by atoms with Crippen molar-refractivity contribution in [3.05, 3.63) is 52.1 Å². The van der Waals surface area contributed by atoms with Crippen LogP contribution in [0.4, 0.5) is 5.82 Å². The van der Waals surface area contributed by atoms with E-state index in [0.29, 0.717) is 53.7 Å². The SMILES string of the molecule is O=c1c2c(Cl)cccc2nc([C@@H]2CCCN2c2ncnc3nc[nH]c23)n1N1CCOCC1. The van der Waals surface area contributed by atoms with E-state index in [1.165, 1.54) is 6.33 Å². The van der Waals surface area contributed by atoms with Gasteiger partial charge in [0.25, 0.3) is 5.56 Å². The highest BCUT2D eigenvalue weighted by Gasteiger charge is 2.34. The Morgan fingerprint density at radius 3 is 2.88 bits per heavy atom. The molecule has 2 aliphatic rings. The van der Waals surface area contributed by atoms with Gasteiger partial charge in [-0.2, -0.15) is 0 Å². The highest BCUT2D eigenvalue weighted by Crippen LogP contribution is 2.37. The van der Waals surface area contributed by atoms with Gasteiger partial charge in [0.1, 0.15) is 11.8 Å². The predicted octanol–water partition coefficient (Wildman–Crippen LogP) is 2.03. The summed E-state index contributed by atoms with van der Waals surface area (Å²) < 4.78 is 7.24. The number of aromatic amines is 1. The summed E-state index contributed by atoms with van der Waals surface area (Å²) in [5, 5.41) is 2.86. The van der Waals surface area contributed by atoms with Gasteiger partial charge >= 0.3 is 0 Å². The molecule has 0 unspecified atom stereocenters. The van der Waals surface area contributed by atoms with Crippen molar-refractivity contribution in [3.8, 4) is 0 Å². The molecule has 0 spiro atoms. The van der Waals surface area contributed by atoms with Crippen molar-refractivity contribution >= 4 is 39.5 Å². The zero-order chi connectivity index (χ0) is 21.7. The summed E-state index contributed by atoms with van der Waals surface area (Å²) in [7, 11) is 0. The number of rotatable bonds is 3. The van der Waals surface area contributed by atoms with Crippen molar-refractivity contribution in [3.63, 3.8) is 0 Å². The van der Waals surface area contributed by atoms with Crippen molar-refractivity contribution in [1.82, 2.24) is 29.6 Å². The maximum absolute atomic E-state index is 13.7. The average Bonchev–Trinajstić information content (AvgIpc) is 3.49. The molecule has 0 amide bonds. The van der Waals surface area contributed by atoms with Gasteiger partial charge in [-0.3, -0.25) is 4.79 Å². The Morgan fingerprint density at radius 2 is 2.00 bits per heavy atom. The van der Waals surface area contributed by atoms with Crippen LogP contribution in [0.3, 0.4) is 0 Å². The second kappa shape index (κ2) is 7.72. The van der Waals surface area contributed by atoms with Gasteiger partial charge in [-0.05, 0) is 25.0 Å². The number of halogens is 1. The van der Waals surface area contributed by atoms with E-state index < -0.39 is 0 Å². The van der Waals surface area contributed by atoms with Crippen molar-refractivity contribution < 1.29 is 4.74 Å². The third-order valence-corrected chi connectivity index (χ3v) is 6.46. The topological polar surface area (TPSA) is 105 Å². The minimum absolute atomic E-state index is 0.129. The van der Waals surface area contributed by atoms with Crippen LogP contribution in [0.15, 0.2) is 35.6 Å². The summed E-state index contributed by atoms with van der Waals surface area (Å²) in [5.74, 6) is 1.46. The molecule has 0 radical (unpaired) electrons. The zero-order valence-corrected chi connectivity index (χ0v) is 18.0. The fraction of sp³-hybridized carbons (Fsp3) is 0.381. The minimum atomic E-state index is -0.154. The largest absolute Gasteiger partial charge is 0.378 e. The van der Waals surface area contributed by atoms with E-state index in [0.717, 1.165) is 30.7 Å². The smallest absolute Gasteiger partial charge is 0.281 e. The van der Waals surface area contributed by atoms with Crippen LogP contribution in [0.25, 0.3) is 22.1 Å². The molecule has 3 aromatic heterocycles. The summed E-state index contributed by atoms with van der Waals surface area (Å²) in [4.78, 5) is 37.1. The Balaban J connectivity index is 1.56. The number of anilines is 1. The Morgan fingerprint density at radius 1 is 1.12 bits per heavy atom. The summed E-state index contributed by atoms with van der Waals surface area (Å²) in [6.45, 7) is 3.12. The number of H-pyrrole nitrogens is 1. The van der Waals surface area contributed by atoms with Crippen LogP contribution < -0.4 is 15.5 Å². The molecule has 2 saturated heterocycles. The number of ether oxygens (including phenoxy) is 1. The number of imidazole rings is 1. The summed E-state index contributed by atoms with van der Waals surface area (Å²) >= 11 is 6.43. The number of hydrogen-bond acceptors (Lipinski definition) is 8. The molecule has 1 atom stereocenters. The minimum Gasteiger partial charge on any atom is -0.378 e. The average molecular weight is 453 g/mol. The Bertz CT molecular complexity index is 1360. The van der Waals surface area contributed by atoms with E-state index in [-0.39, 0.29) is 11.6 Å². The Hall–Kier alpha value is -3.24. The van der Waals surface area contributed by atoms with Gasteiger partial charge in [0.05, 0.1) is 54.6 Å². The number of benzene rings is 1. The fourth-order valence-electron chi connectivity index (χ4n) is 4.70. The molecule has 2 fully saturated rings. The van der Waals surface area contributed by atoms with Gasteiger partial charge in [-0.15, -0.1) is 0 Å². The van der Waals surface area contributed by atoms with Gasteiger partial charge in [-0.1, -0.05) is 17.7 Å². The van der Waals surface area contributed by atoms with Gasteiger partial charge in [0.15, 0.2) is 17.3 Å². The van der Waals surface area contributed by atoms with Crippen molar-refractivity contribution in [1.29, 1.82) is 0 Å². The van der Waals surface area contributed by atoms with Crippen LogP contribution in [0, 0.1) is 0 Å². The third kappa shape index (κ3) is 3.01. The molecule has 1 N–H and O–H groups in total. The van der Waals surface area contributed by atoms with Crippen LogP contribution in [-0.4, -0.2) is 62.4 Å². The van der Waals surface area contributed by atoms with Gasteiger partial charge < -0.3 is 19.6 Å². The summed E-state index contributed by atoms with van der Waals surface area (Å²) in [6, 6.07) is 5.27. The molecule has 2 aliphatic heterocycles. The van der Waals surface area contributed by atoms with Crippen LogP contribution in [-0.2, 0) is 4.74 Å². The lowest BCUT2D eigenvalue weighted by Crippen LogP contribution is -2.51. The molecule has 10 nitrogen and oxygen atoms in total. The molecule has 0 aliphatic carbocycles. The van der Waals surface area contributed by atoms with E-state index in [4.69, 9.17) is 21.3 Å². The molecule has 164 valence electrons. The first kappa shape index (κ1) is 19.4. The molecule has 1 aromatic carbocycles. The van der Waals surface area contributed by atoms with E-state index in [2.05, 4.69) is 24.8 Å². The number of aromatic nitrogens is 6. The highest BCUT2D eigenvalue weighted by molar-refractivity contribution is 6.35. The lowest BCUT2D eigenvalue weighted by molar-refractivity contribution is 0.110. The Labute approximate surface area is 187 Å². The maximum Gasteiger partial charge on any atom is 0.281 e. The van der Waals surface area contributed by atoms with Crippen LogP contribution >= 0.6 is 11.6 Å². The monoisotopic (exact) mass is 452 g/mol. The number of nitrogens with zero attached hydrogens (tertiary/aromatic N) is 7. The van der Waals surface area contributed by atoms with E-state index >= 15 is 0 Å². The lowest BCUT2D eigenvalue weighted by Gasteiger charge is -2.35. The zero-order valence-electron chi connectivity index (χ0n) is 17.2. The first-order valence-electron chi connectivity index (χ1n) is 10.7. The molecule has 32 heavy (non-hydrogen) atoms. The first-order chi connectivity index (χ1) is 15.7. The second-order valence-corrected chi connectivity index (χ2v) is 8.34. The molecular weight excluding hydrogens is 432 g/mol. The lowest BCUT2D eigenvalue weighted by atomic mass is 10.1. The van der Waals surface area contributed by atoms with Crippen molar-refractivity contribution in [2.45, 2.75) is 18.9 Å². The maximum atomic E-state index is 13.7. The van der Waals surface area contributed by atoms with Gasteiger partial charge in [-0.25, -0.2) is 24.6 Å². The molecule has 11 heteroatoms. The third-order valence-electron chi connectivity index (χ3n) is 6.15. The second-order valence-electron chi connectivity index (χ2n) is 7.94. The number of hydrogen-bond donors (Lipinski definition) is 1. The molecule has 0 saturated carbocycles. The van der Waals surface area contributed by atoms with E-state index in [9.17, 15) is 4.79 Å². The molecule has 6 rings (SSSR count). The van der Waals surface area contributed by atoms with Gasteiger partial charge in [0.2, 0.25) is 0 Å². The number of nitrogens with one attached hydrogen (secondary N) is 1. The van der Waals surface area contributed by atoms with E-state index in [1.807, 2.05) is 17.1 Å². The van der Waals surface area contributed by atoms with Crippen LogP contribution in [0.5, 0.6) is 0 Å².